The average Bonchev–Trinajstić information content (AvgIpc) is 3.50. The van der Waals surface area contributed by atoms with E-state index < -0.39 is 0 Å². The summed E-state index contributed by atoms with van der Waals surface area (Å²) in [5.41, 5.74) is 7.40. The van der Waals surface area contributed by atoms with Gasteiger partial charge in [0.25, 0.3) is 5.91 Å². The lowest BCUT2D eigenvalue weighted by Crippen LogP contribution is -2.18. The molecule has 27 heavy (non-hydrogen) atoms. The second kappa shape index (κ2) is 6.83. The number of benzene rings is 2. The van der Waals surface area contributed by atoms with Gasteiger partial charge in [0.1, 0.15) is 5.75 Å². The van der Waals surface area contributed by atoms with Gasteiger partial charge in [0.2, 0.25) is 0 Å². The van der Waals surface area contributed by atoms with Crippen molar-refractivity contribution in [1.29, 1.82) is 0 Å². The molecule has 0 saturated heterocycles. The zero-order chi connectivity index (χ0) is 19.0. The first-order valence-corrected chi connectivity index (χ1v) is 9.06. The predicted molar refractivity (Wildman–Crippen MR) is 106 cm³/mol. The first-order valence-electron chi connectivity index (χ1n) is 9.06. The van der Waals surface area contributed by atoms with Crippen LogP contribution in [0.2, 0.25) is 0 Å². The summed E-state index contributed by atoms with van der Waals surface area (Å²) in [6.45, 7) is 3.67. The second-order valence-corrected chi connectivity index (χ2v) is 7.09. The Labute approximate surface area is 157 Å². The topological polar surface area (TPSA) is 74.6 Å². The third-order valence-electron chi connectivity index (χ3n) is 4.87. The highest BCUT2D eigenvalue weighted by atomic mass is 16.3. The number of fused-ring (bicyclic) bond motifs is 1. The fourth-order valence-corrected chi connectivity index (χ4v) is 3.26. The van der Waals surface area contributed by atoms with Gasteiger partial charge in [-0.2, -0.15) is 5.10 Å². The van der Waals surface area contributed by atoms with Crippen molar-refractivity contribution in [1.82, 2.24) is 10.4 Å². The van der Waals surface area contributed by atoms with Gasteiger partial charge >= 0.3 is 0 Å². The maximum atomic E-state index is 12.7. The molecule has 0 unspecified atom stereocenters. The number of carbonyl (C=O) groups excluding carboxylic acids is 1. The molecule has 5 heteroatoms. The molecular formula is C22H21N3O2. The van der Waals surface area contributed by atoms with Crippen LogP contribution < -0.4 is 5.43 Å². The summed E-state index contributed by atoms with van der Waals surface area (Å²) in [7, 11) is 0. The lowest BCUT2D eigenvalue weighted by atomic mass is 10.1. The Bertz CT molecular complexity index is 1050. The Hall–Kier alpha value is -3.21. The van der Waals surface area contributed by atoms with Gasteiger partial charge < -0.3 is 5.11 Å². The quantitative estimate of drug-likeness (QED) is 0.541. The minimum atomic E-state index is -0.251. The number of phenolic OH excluding ortho intramolecular Hbond substituents is 1. The minimum absolute atomic E-state index is 0.251. The summed E-state index contributed by atoms with van der Waals surface area (Å²) in [5.74, 6) is 0.499. The van der Waals surface area contributed by atoms with Crippen LogP contribution in [0.15, 0.2) is 47.6 Å². The number of nitrogens with zero attached hydrogens (tertiary/aromatic N) is 2. The van der Waals surface area contributed by atoms with Gasteiger partial charge in [0, 0.05) is 17.0 Å². The Morgan fingerprint density at radius 1 is 1.19 bits per heavy atom. The molecule has 3 aromatic rings. The van der Waals surface area contributed by atoms with E-state index in [-0.39, 0.29) is 11.7 Å². The first kappa shape index (κ1) is 17.2. The van der Waals surface area contributed by atoms with E-state index in [1.165, 1.54) is 0 Å². The van der Waals surface area contributed by atoms with Crippen molar-refractivity contribution in [3.63, 3.8) is 0 Å². The highest BCUT2D eigenvalue weighted by molar-refractivity contribution is 6.06. The van der Waals surface area contributed by atoms with Crippen molar-refractivity contribution in [3.8, 4) is 5.75 Å². The van der Waals surface area contributed by atoms with Crippen LogP contribution in [0.5, 0.6) is 5.75 Å². The molecule has 1 aliphatic carbocycles. The number of hydrazone groups is 1. The molecule has 1 aliphatic rings. The molecule has 0 atom stereocenters. The van der Waals surface area contributed by atoms with E-state index in [1.54, 1.807) is 6.21 Å². The highest BCUT2D eigenvalue weighted by Gasteiger charge is 2.26. The Kier molecular flexibility index (Phi) is 4.36. The van der Waals surface area contributed by atoms with Gasteiger partial charge in [-0.25, -0.2) is 5.43 Å². The number of aromatic hydroxyl groups is 1. The third kappa shape index (κ3) is 3.53. The Morgan fingerprint density at radius 3 is 2.59 bits per heavy atom. The smallest absolute Gasteiger partial charge is 0.272 e. The first-order chi connectivity index (χ1) is 13.0. The van der Waals surface area contributed by atoms with Gasteiger partial charge in [-0.3, -0.25) is 9.78 Å². The summed E-state index contributed by atoms with van der Waals surface area (Å²) in [5, 5.41) is 14.8. The molecule has 4 rings (SSSR count). The van der Waals surface area contributed by atoms with E-state index >= 15 is 0 Å². The lowest BCUT2D eigenvalue weighted by molar-refractivity contribution is 0.0956. The number of pyridine rings is 1. The number of para-hydroxylation sites is 1. The zero-order valence-electron chi connectivity index (χ0n) is 15.4. The number of aryl methyl sites for hydroxylation is 2. The molecule has 0 spiro atoms. The van der Waals surface area contributed by atoms with Gasteiger partial charge in [-0.15, -0.1) is 0 Å². The van der Waals surface area contributed by atoms with Crippen molar-refractivity contribution < 1.29 is 9.90 Å². The molecule has 1 heterocycles. The van der Waals surface area contributed by atoms with Gasteiger partial charge in [0.05, 0.1) is 17.3 Å². The summed E-state index contributed by atoms with van der Waals surface area (Å²) in [6, 6.07) is 13.2. The number of hydrogen-bond donors (Lipinski definition) is 2. The molecule has 1 amide bonds. The van der Waals surface area contributed by atoms with Crippen LogP contribution in [0.3, 0.4) is 0 Å². The van der Waals surface area contributed by atoms with E-state index in [1.807, 2.05) is 56.3 Å². The molecule has 136 valence electrons. The largest absolute Gasteiger partial charge is 0.507 e. The highest BCUT2D eigenvalue weighted by Crippen LogP contribution is 2.40. The number of amides is 1. The Morgan fingerprint density at radius 2 is 1.89 bits per heavy atom. The van der Waals surface area contributed by atoms with Crippen LogP contribution in [-0.4, -0.2) is 22.2 Å². The van der Waals surface area contributed by atoms with Crippen LogP contribution in [0.25, 0.3) is 10.9 Å². The number of aromatic nitrogens is 1. The van der Waals surface area contributed by atoms with Gasteiger partial charge in [0.15, 0.2) is 0 Å². The van der Waals surface area contributed by atoms with E-state index in [4.69, 9.17) is 4.98 Å². The molecule has 0 aliphatic heterocycles. The van der Waals surface area contributed by atoms with Crippen LogP contribution in [0.4, 0.5) is 0 Å². The molecular weight excluding hydrogens is 338 g/mol. The van der Waals surface area contributed by atoms with Crippen molar-refractivity contribution in [2.45, 2.75) is 32.6 Å². The predicted octanol–water partition coefficient (Wildman–Crippen LogP) is 4.20. The minimum Gasteiger partial charge on any atom is -0.507 e. The molecule has 0 radical (unpaired) electrons. The number of hydrogen-bond acceptors (Lipinski definition) is 4. The standard InChI is InChI=1S/C22H21N3O2/c1-13-9-15(10-14(2)21(13)26)12-23-25-22(27)18-11-20(16-7-8-16)24-19-6-4-3-5-17(18)19/h3-6,9-12,16,26H,7-8H2,1-2H3,(H,25,27). The molecule has 1 saturated carbocycles. The van der Waals surface area contributed by atoms with E-state index in [0.717, 1.165) is 46.1 Å². The number of nitrogens with one attached hydrogen (secondary N) is 1. The average molecular weight is 359 g/mol. The van der Waals surface area contributed by atoms with Crippen molar-refractivity contribution in [2.24, 2.45) is 5.10 Å². The van der Waals surface area contributed by atoms with Gasteiger partial charge in [-0.05, 0) is 67.6 Å². The fourth-order valence-electron chi connectivity index (χ4n) is 3.26. The van der Waals surface area contributed by atoms with E-state index in [9.17, 15) is 9.90 Å². The van der Waals surface area contributed by atoms with E-state index in [2.05, 4.69) is 10.5 Å². The van der Waals surface area contributed by atoms with Crippen LogP contribution in [-0.2, 0) is 0 Å². The van der Waals surface area contributed by atoms with Crippen LogP contribution in [0.1, 0.15) is 51.5 Å². The third-order valence-corrected chi connectivity index (χ3v) is 4.87. The maximum absolute atomic E-state index is 12.7. The number of rotatable bonds is 4. The monoisotopic (exact) mass is 359 g/mol. The maximum Gasteiger partial charge on any atom is 0.272 e. The molecule has 2 N–H and O–H groups in total. The summed E-state index contributed by atoms with van der Waals surface area (Å²) in [6.07, 6.45) is 3.84. The lowest BCUT2D eigenvalue weighted by Gasteiger charge is -2.08. The molecule has 1 fully saturated rings. The van der Waals surface area contributed by atoms with E-state index in [0.29, 0.717) is 11.5 Å². The summed E-state index contributed by atoms with van der Waals surface area (Å²) in [4.78, 5) is 17.4. The van der Waals surface area contributed by atoms with Crippen LogP contribution in [0, 0.1) is 13.8 Å². The van der Waals surface area contributed by atoms with Crippen molar-refractivity contribution in [2.75, 3.05) is 0 Å². The molecule has 2 aromatic carbocycles. The zero-order valence-corrected chi connectivity index (χ0v) is 15.4. The van der Waals surface area contributed by atoms with Crippen molar-refractivity contribution >= 4 is 23.0 Å². The Balaban J connectivity index is 1.60. The summed E-state index contributed by atoms with van der Waals surface area (Å²) < 4.78 is 0. The summed E-state index contributed by atoms with van der Waals surface area (Å²) >= 11 is 0. The fraction of sp³-hybridized carbons (Fsp3) is 0.227. The van der Waals surface area contributed by atoms with Gasteiger partial charge in [-0.1, -0.05) is 18.2 Å². The van der Waals surface area contributed by atoms with Crippen LogP contribution >= 0.6 is 0 Å². The normalized spacial score (nSPS) is 14.0. The molecule has 1 aromatic heterocycles. The molecule has 5 nitrogen and oxygen atoms in total. The second-order valence-electron chi connectivity index (χ2n) is 7.09. The number of carbonyl (C=O) groups is 1. The molecule has 0 bridgehead atoms. The SMILES string of the molecule is Cc1cc(C=NNC(=O)c2cc(C3CC3)nc3ccccc23)cc(C)c1O. The number of phenols is 1. The van der Waals surface area contributed by atoms with Crippen molar-refractivity contribution in [3.05, 3.63) is 70.4 Å².